The Kier molecular flexibility index (Phi) is 2.72. The van der Waals surface area contributed by atoms with Gasteiger partial charge in [0.05, 0.1) is 0 Å². The largest absolute Gasteiger partial charge is 0.384 e. The zero-order chi connectivity index (χ0) is 11.9. The molecule has 0 amide bonds. The predicted octanol–water partition coefficient (Wildman–Crippen LogP) is 4.30. The van der Waals surface area contributed by atoms with Gasteiger partial charge in [0.15, 0.2) is 0 Å². The molecule has 0 saturated heterocycles. The molecule has 2 atom stereocenters. The Morgan fingerprint density at radius 1 is 1.29 bits per heavy atom. The molecule has 1 nitrogen and oxygen atoms in total. The van der Waals surface area contributed by atoms with E-state index in [-0.39, 0.29) is 0 Å². The van der Waals surface area contributed by atoms with E-state index in [1.165, 1.54) is 16.5 Å². The molecule has 1 aliphatic rings. The number of aliphatic hydroxyl groups is 1. The van der Waals surface area contributed by atoms with E-state index in [0.29, 0.717) is 5.92 Å². The fraction of sp³-hybridized carbons (Fsp3) is 0.467. The summed E-state index contributed by atoms with van der Waals surface area (Å²) < 4.78 is 1.29. The summed E-state index contributed by atoms with van der Waals surface area (Å²) in [5, 5.41) is 12.2. The Labute approximate surface area is 106 Å². The molecule has 1 aliphatic carbocycles. The Bertz CT molecular complexity index is 497. The number of fused-ring (bicyclic) bond motifs is 1. The van der Waals surface area contributed by atoms with Gasteiger partial charge in [-0.15, -0.1) is 11.3 Å². The maximum absolute atomic E-state index is 10.9. The van der Waals surface area contributed by atoms with Crippen molar-refractivity contribution >= 4 is 21.4 Å². The van der Waals surface area contributed by atoms with Crippen LogP contribution in [0, 0.1) is 5.92 Å². The lowest BCUT2D eigenvalue weighted by Crippen LogP contribution is -2.35. The fourth-order valence-corrected chi connectivity index (χ4v) is 4.19. The number of thiophene rings is 1. The van der Waals surface area contributed by atoms with E-state index in [1.54, 1.807) is 11.3 Å². The van der Waals surface area contributed by atoms with Crippen LogP contribution in [0.3, 0.4) is 0 Å². The van der Waals surface area contributed by atoms with Gasteiger partial charge in [-0.05, 0) is 36.3 Å². The Hall–Kier alpha value is -0.860. The molecule has 2 aromatic rings. The van der Waals surface area contributed by atoms with Crippen LogP contribution in [0.25, 0.3) is 10.1 Å². The second-order valence-electron chi connectivity index (χ2n) is 5.22. The standard InChI is InChI=1S/C15H18OS/c1-11-6-4-5-9-15(11,16)14-10-12-7-2-3-8-13(12)17-14/h2-3,7-8,10-11,16H,4-6,9H2,1H3. The molecule has 17 heavy (non-hydrogen) atoms. The molecule has 0 radical (unpaired) electrons. The summed E-state index contributed by atoms with van der Waals surface area (Å²) in [4.78, 5) is 1.16. The SMILES string of the molecule is CC1CCCCC1(O)c1cc2ccccc2s1. The minimum Gasteiger partial charge on any atom is -0.384 e. The van der Waals surface area contributed by atoms with E-state index < -0.39 is 5.60 Å². The number of rotatable bonds is 1. The minimum atomic E-state index is -0.581. The third-order valence-electron chi connectivity index (χ3n) is 4.11. The number of benzene rings is 1. The van der Waals surface area contributed by atoms with E-state index in [1.807, 2.05) is 0 Å². The average molecular weight is 246 g/mol. The van der Waals surface area contributed by atoms with Gasteiger partial charge in [0, 0.05) is 9.58 Å². The van der Waals surface area contributed by atoms with Gasteiger partial charge in [0.2, 0.25) is 0 Å². The molecule has 1 aromatic carbocycles. The Morgan fingerprint density at radius 2 is 2.12 bits per heavy atom. The third-order valence-corrected chi connectivity index (χ3v) is 5.40. The molecular formula is C15H18OS. The first-order valence-electron chi connectivity index (χ1n) is 6.41. The molecule has 1 saturated carbocycles. The predicted molar refractivity (Wildman–Crippen MR) is 73.4 cm³/mol. The lowest BCUT2D eigenvalue weighted by Gasteiger charge is -2.37. The topological polar surface area (TPSA) is 20.2 Å². The van der Waals surface area contributed by atoms with Gasteiger partial charge in [-0.2, -0.15) is 0 Å². The Balaban J connectivity index is 2.07. The third kappa shape index (κ3) is 1.80. The first-order chi connectivity index (χ1) is 8.20. The molecule has 1 N–H and O–H groups in total. The van der Waals surface area contributed by atoms with Crippen molar-refractivity contribution in [2.75, 3.05) is 0 Å². The monoisotopic (exact) mass is 246 g/mol. The van der Waals surface area contributed by atoms with Gasteiger partial charge >= 0.3 is 0 Å². The van der Waals surface area contributed by atoms with Crippen molar-refractivity contribution in [3.8, 4) is 0 Å². The van der Waals surface area contributed by atoms with E-state index in [4.69, 9.17) is 0 Å². The van der Waals surface area contributed by atoms with Gasteiger partial charge in [-0.3, -0.25) is 0 Å². The van der Waals surface area contributed by atoms with Crippen LogP contribution in [0.5, 0.6) is 0 Å². The lowest BCUT2D eigenvalue weighted by atomic mass is 9.75. The molecular weight excluding hydrogens is 228 g/mol. The number of hydrogen-bond donors (Lipinski definition) is 1. The van der Waals surface area contributed by atoms with Crippen molar-refractivity contribution in [2.45, 2.75) is 38.2 Å². The molecule has 1 heterocycles. The molecule has 3 rings (SSSR count). The van der Waals surface area contributed by atoms with E-state index in [9.17, 15) is 5.11 Å². The quantitative estimate of drug-likeness (QED) is 0.795. The zero-order valence-corrected chi connectivity index (χ0v) is 11.0. The van der Waals surface area contributed by atoms with Crippen LogP contribution < -0.4 is 0 Å². The van der Waals surface area contributed by atoms with Gasteiger partial charge < -0.3 is 5.11 Å². The molecule has 90 valence electrons. The molecule has 0 aliphatic heterocycles. The first-order valence-corrected chi connectivity index (χ1v) is 7.23. The van der Waals surface area contributed by atoms with Crippen LogP contribution in [0.2, 0.25) is 0 Å². The van der Waals surface area contributed by atoms with E-state index in [0.717, 1.165) is 24.1 Å². The lowest BCUT2D eigenvalue weighted by molar-refractivity contribution is -0.0437. The zero-order valence-electron chi connectivity index (χ0n) is 10.1. The van der Waals surface area contributed by atoms with Crippen molar-refractivity contribution in [3.63, 3.8) is 0 Å². The smallest absolute Gasteiger partial charge is 0.101 e. The summed E-state index contributed by atoms with van der Waals surface area (Å²) in [6.45, 7) is 2.18. The molecule has 1 aromatic heterocycles. The molecule has 2 unspecified atom stereocenters. The molecule has 2 heteroatoms. The van der Waals surface area contributed by atoms with Gasteiger partial charge in [-0.25, -0.2) is 0 Å². The van der Waals surface area contributed by atoms with E-state index in [2.05, 4.69) is 37.3 Å². The second kappa shape index (κ2) is 4.11. The van der Waals surface area contributed by atoms with Crippen molar-refractivity contribution in [3.05, 3.63) is 35.2 Å². The second-order valence-corrected chi connectivity index (χ2v) is 6.30. The summed E-state index contributed by atoms with van der Waals surface area (Å²) in [6, 6.07) is 10.6. The molecule has 0 spiro atoms. The highest BCUT2D eigenvalue weighted by Crippen LogP contribution is 2.45. The van der Waals surface area contributed by atoms with Crippen LogP contribution >= 0.6 is 11.3 Å². The van der Waals surface area contributed by atoms with Crippen molar-refractivity contribution in [1.29, 1.82) is 0 Å². The van der Waals surface area contributed by atoms with Crippen LogP contribution in [0.15, 0.2) is 30.3 Å². The molecule has 0 bridgehead atoms. The van der Waals surface area contributed by atoms with Crippen LogP contribution in [0.1, 0.15) is 37.5 Å². The van der Waals surface area contributed by atoms with Gasteiger partial charge in [0.25, 0.3) is 0 Å². The van der Waals surface area contributed by atoms with Crippen molar-refractivity contribution in [2.24, 2.45) is 5.92 Å². The fourth-order valence-electron chi connectivity index (χ4n) is 2.89. The number of hydrogen-bond acceptors (Lipinski definition) is 2. The summed E-state index contributed by atoms with van der Waals surface area (Å²) >= 11 is 1.76. The van der Waals surface area contributed by atoms with Gasteiger partial charge in [-0.1, -0.05) is 38.0 Å². The maximum atomic E-state index is 10.9. The minimum absolute atomic E-state index is 0.379. The highest BCUT2D eigenvalue weighted by atomic mass is 32.1. The van der Waals surface area contributed by atoms with Crippen LogP contribution in [0.4, 0.5) is 0 Å². The van der Waals surface area contributed by atoms with Crippen molar-refractivity contribution in [1.82, 2.24) is 0 Å². The maximum Gasteiger partial charge on any atom is 0.101 e. The summed E-state index contributed by atoms with van der Waals surface area (Å²) in [5.74, 6) is 0.379. The summed E-state index contributed by atoms with van der Waals surface area (Å²) in [5.41, 5.74) is -0.581. The summed E-state index contributed by atoms with van der Waals surface area (Å²) in [6.07, 6.45) is 4.47. The van der Waals surface area contributed by atoms with Crippen LogP contribution in [-0.4, -0.2) is 5.11 Å². The summed E-state index contributed by atoms with van der Waals surface area (Å²) in [7, 11) is 0. The Morgan fingerprint density at radius 3 is 2.88 bits per heavy atom. The first kappa shape index (κ1) is 11.2. The van der Waals surface area contributed by atoms with Gasteiger partial charge in [0.1, 0.15) is 5.60 Å². The average Bonchev–Trinajstić information content (AvgIpc) is 2.77. The molecule has 1 fully saturated rings. The highest BCUT2D eigenvalue weighted by molar-refractivity contribution is 7.19. The normalized spacial score (nSPS) is 29.6. The van der Waals surface area contributed by atoms with Crippen LogP contribution in [-0.2, 0) is 5.60 Å². The highest BCUT2D eigenvalue weighted by Gasteiger charge is 2.38. The van der Waals surface area contributed by atoms with Crippen molar-refractivity contribution < 1.29 is 5.11 Å². The van der Waals surface area contributed by atoms with E-state index >= 15 is 0 Å².